The lowest BCUT2D eigenvalue weighted by molar-refractivity contribution is -0.133. The molecule has 6 nitrogen and oxygen atoms in total. The van der Waals surface area contributed by atoms with Gasteiger partial charge in [-0.3, -0.25) is 0 Å². The minimum Gasteiger partial charge on any atom is -0.497 e. The van der Waals surface area contributed by atoms with Gasteiger partial charge in [0.05, 0.1) is 25.4 Å². The van der Waals surface area contributed by atoms with Gasteiger partial charge in [-0.05, 0) is 47.5 Å². The Morgan fingerprint density at radius 1 is 0.800 bits per heavy atom. The summed E-state index contributed by atoms with van der Waals surface area (Å²) < 4.78 is 15.7. The fraction of sp³-hybridized carbons (Fsp3) is 0.0833. The molecular formula is C24H20O6. The molecule has 3 aromatic rings. The molecule has 1 N–H and O–H groups in total. The van der Waals surface area contributed by atoms with Gasteiger partial charge in [0.15, 0.2) is 0 Å². The van der Waals surface area contributed by atoms with Crippen LogP contribution in [0.2, 0.25) is 0 Å². The van der Waals surface area contributed by atoms with Crippen LogP contribution in [0.1, 0.15) is 22.6 Å². The number of rotatable bonds is 7. The van der Waals surface area contributed by atoms with Crippen molar-refractivity contribution in [3.63, 3.8) is 0 Å². The average molecular weight is 404 g/mol. The SMILES string of the molecule is COC(=O)/C(=C\c1ccc(/C=C(\C(=O)O)c2ccc(OC)cc2)o1)c1ccccc1. The molecule has 0 unspecified atom stereocenters. The first-order valence-electron chi connectivity index (χ1n) is 9.06. The second kappa shape index (κ2) is 9.43. The molecule has 0 saturated heterocycles. The van der Waals surface area contributed by atoms with Crippen molar-refractivity contribution in [1.29, 1.82) is 0 Å². The lowest BCUT2D eigenvalue weighted by Crippen LogP contribution is -2.03. The Bertz CT molecular complexity index is 1090. The highest BCUT2D eigenvalue weighted by Gasteiger charge is 2.15. The minimum absolute atomic E-state index is 0.0683. The van der Waals surface area contributed by atoms with E-state index < -0.39 is 11.9 Å². The number of carbonyl (C=O) groups excluding carboxylic acids is 1. The molecule has 0 atom stereocenters. The Morgan fingerprint density at radius 3 is 1.90 bits per heavy atom. The Hall–Kier alpha value is -4.06. The van der Waals surface area contributed by atoms with Crippen molar-refractivity contribution < 1.29 is 28.6 Å². The first kappa shape index (κ1) is 20.7. The molecule has 6 heteroatoms. The van der Waals surface area contributed by atoms with Gasteiger partial charge in [0.25, 0.3) is 0 Å². The van der Waals surface area contributed by atoms with E-state index in [1.165, 1.54) is 13.2 Å². The van der Waals surface area contributed by atoms with Gasteiger partial charge >= 0.3 is 11.9 Å². The zero-order valence-electron chi connectivity index (χ0n) is 16.5. The molecule has 0 aliphatic rings. The molecule has 152 valence electrons. The summed E-state index contributed by atoms with van der Waals surface area (Å²) in [7, 11) is 2.85. The van der Waals surface area contributed by atoms with Crippen molar-refractivity contribution in [2.75, 3.05) is 14.2 Å². The van der Waals surface area contributed by atoms with Crippen LogP contribution in [0.5, 0.6) is 5.75 Å². The number of hydrogen-bond donors (Lipinski definition) is 1. The van der Waals surface area contributed by atoms with Crippen molar-refractivity contribution in [3.8, 4) is 5.75 Å². The summed E-state index contributed by atoms with van der Waals surface area (Å²) in [5, 5.41) is 9.61. The van der Waals surface area contributed by atoms with E-state index in [2.05, 4.69) is 0 Å². The van der Waals surface area contributed by atoms with Crippen molar-refractivity contribution in [3.05, 3.63) is 89.4 Å². The zero-order chi connectivity index (χ0) is 21.5. The van der Waals surface area contributed by atoms with E-state index in [1.807, 2.05) is 18.2 Å². The number of furan rings is 1. The summed E-state index contributed by atoms with van der Waals surface area (Å²) in [6.07, 6.45) is 2.99. The zero-order valence-corrected chi connectivity index (χ0v) is 16.5. The van der Waals surface area contributed by atoms with E-state index in [1.54, 1.807) is 61.7 Å². The molecule has 0 bridgehead atoms. The van der Waals surface area contributed by atoms with Crippen LogP contribution in [-0.2, 0) is 14.3 Å². The predicted molar refractivity (Wildman–Crippen MR) is 114 cm³/mol. The molecule has 0 spiro atoms. The van der Waals surface area contributed by atoms with Crippen LogP contribution in [-0.4, -0.2) is 31.3 Å². The molecule has 0 saturated carbocycles. The van der Waals surface area contributed by atoms with Gasteiger partial charge in [0.2, 0.25) is 0 Å². The molecule has 2 aromatic carbocycles. The third-order valence-electron chi connectivity index (χ3n) is 4.34. The fourth-order valence-electron chi connectivity index (χ4n) is 2.83. The summed E-state index contributed by atoms with van der Waals surface area (Å²) in [6, 6.07) is 19.0. The number of methoxy groups -OCH3 is 2. The molecule has 1 heterocycles. The number of aliphatic carboxylic acids is 1. The van der Waals surface area contributed by atoms with Gasteiger partial charge in [-0.2, -0.15) is 0 Å². The molecule has 3 rings (SSSR count). The van der Waals surface area contributed by atoms with E-state index in [9.17, 15) is 14.7 Å². The summed E-state index contributed by atoms with van der Waals surface area (Å²) in [4.78, 5) is 23.9. The summed E-state index contributed by atoms with van der Waals surface area (Å²) in [6.45, 7) is 0. The monoisotopic (exact) mass is 404 g/mol. The van der Waals surface area contributed by atoms with Crippen LogP contribution in [0.25, 0.3) is 23.3 Å². The van der Waals surface area contributed by atoms with Crippen LogP contribution in [0.15, 0.2) is 71.1 Å². The molecular weight excluding hydrogens is 384 g/mol. The minimum atomic E-state index is -1.09. The van der Waals surface area contributed by atoms with Crippen LogP contribution in [0.3, 0.4) is 0 Å². The van der Waals surface area contributed by atoms with Gasteiger partial charge in [0.1, 0.15) is 17.3 Å². The van der Waals surface area contributed by atoms with Gasteiger partial charge < -0.3 is 19.0 Å². The number of ether oxygens (including phenoxy) is 2. The Morgan fingerprint density at radius 2 is 1.37 bits per heavy atom. The highest BCUT2D eigenvalue weighted by Crippen LogP contribution is 2.25. The van der Waals surface area contributed by atoms with E-state index in [0.29, 0.717) is 34.0 Å². The van der Waals surface area contributed by atoms with Gasteiger partial charge in [-0.25, -0.2) is 9.59 Å². The second-order valence-corrected chi connectivity index (χ2v) is 6.25. The second-order valence-electron chi connectivity index (χ2n) is 6.25. The normalized spacial score (nSPS) is 11.8. The smallest absolute Gasteiger partial charge is 0.338 e. The molecule has 0 aliphatic carbocycles. The average Bonchev–Trinajstić information content (AvgIpc) is 3.23. The number of hydrogen-bond acceptors (Lipinski definition) is 5. The summed E-state index contributed by atoms with van der Waals surface area (Å²) >= 11 is 0. The van der Waals surface area contributed by atoms with Gasteiger partial charge in [-0.1, -0.05) is 42.5 Å². The van der Waals surface area contributed by atoms with Gasteiger partial charge in [0, 0.05) is 0 Å². The first-order chi connectivity index (χ1) is 14.5. The molecule has 0 fully saturated rings. The highest BCUT2D eigenvalue weighted by molar-refractivity contribution is 6.21. The molecule has 0 radical (unpaired) electrons. The van der Waals surface area contributed by atoms with Crippen LogP contribution in [0, 0.1) is 0 Å². The van der Waals surface area contributed by atoms with Crippen LogP contribution in [0.4, 0.5) is 0 Å². The molecule has 0 amide bonds. The fourth-order valence-corrected chi connectivity index (χ4v) is 2.83. The Balaban J connectivity index is 1.95. The Labute approximate surface area is 173 Å². The largest absolute Gasteiger partial charge is 0.497 e. The van der Waals surface area contributed by atoms with Crippen molar-refractivity contribution >= 4 is 35.2 Å². The van der Waals surface area contributed by atoms with E-state index in [-0.39, 0.29) is 5.57 Å². The number of carboxylic acids is 1. The van der Waals surface area contributed by atoms with Crippen molar-refractivity contribution in [2.24, 2.45) is 0 Å². The third-order valence-corrected chi connectivity index (χ3v) is 4.34. The number of benzene rings is 2. The molecule has 0 aliphatic heterocycles. The number of carboxylic acid groups (broad SMARTS) is 1. The van der Waals surface area contributed by atoms with Crippen molar-refractivity contribution in [1.82, 2.24) is 0 Å². The number of esters is 1. The maximum Gasteiger partial charge on any atom is 0.338 e. The first-order valence-corrected chi connectivity index (χ1v) is 9.06. The lowest BCUT2D eigenvalue weighted by atomic mass is 10.0. The predicted octanol–water partition coefficient (Wildman–Crippen LogP) is 4.63. The quantitative estimate of drug-likeness (QED) is 0.457. The highest BCUT2D eigenvalue weighted by atomic mass is 16.5. The van der Waals surface area contributed by atoms with E-state index in [0.717, 1.165) is 0 Å². The lowest BCUT2D eigenvalue weighted by Gasteiger charge is -2.05. The summed E-state index contributed by atoms with van der Waals surface area (Å²) in [5.74, 6) is -0.228. The number of carbonyl (C=O) groups is 2. The molecule has 30 heavy (non-hydrogen) atoms. The van der Waals surface area contributed by atoms with Crippen molar-refractivity contribution in [2.45, 2.75) is 0 Å². The van der Waals surface area contributed by atoms with Crippen LogP contribution >= 0.6 is 0 Å². The standard InChI is InChI=1S/C24H20O6/c1-28-18-10-8-17(9-11-18)21(23(25)26)14-19-12-13-20(30-19)15-22(24(27)29-2)16-6-4-3-5-7-16/h3-15H,1-2H3,(H,25,26)/b21-14-,22-15-. The maximum absolute atomic E-state index is 12.2. The van der Waals surface area contributed by atoms with Crippen LogP contribution < -0.4 is 4.74 Å². The van der Waals surface area contributed by atoms with E-state index in [4.69, 9.17) is 13.9 Å². The maximum atomic E-state index is 12.2. The van der Waals surface area contributed by atoms with E-state index >= 15 is 0 Å². The third kappa shape index (κ3) is 4.86. The Kier molecular flexibility index (Phi) is 6.49. The summed E-state index contributed by atoms with van der Waals surface area (Å²) in [5.41, 5.74) is 1.59. The molecule has 1 aromatic heterocycles. The topological polar surface area (TPSA) is 86.0 Å². The van der Waals surface area contributed by atoms with Gasteiger partial charge in [-0.15, -0.1) is 0 Å².